The summed E-state index contributed by atoms with van der Waals surface area (Å²) in [6.07, 6.45) is 13.1. The molecule has 6 aromatic rings. The van der Waals surface area contributed by atoms with Crippen LogP contribution in [0, 0.1) is 42.2 Å². The smallest absolute Gasteiger partial charge is 0.227 e. The summed E-state index contributed by atoms with van der Waals surface area (Å²) in [5.41, 5.74) is 6.37. The molecule has 0 spiro atoms. The summed E-state index contributed by atoms with van der Waals surface area (Å²) >= 11 is 0. The molecule has 0 saturated carbocycles. The number of imidazole rings is 2. The normalized spacial score (nSPS) is 25.8. The van der Waals surface area contributed by atoms with Crippen LogP contribution in [-0.2, 0) is 24.6 Å². The van der Waals surface area contributed by atoms with Crippen molar-refractivity contribution in [3.05, 3.63) is 132 Å². The van der Waals surface area contributed by atoms with Crippen molar-refractivity contribution in [2.45, 2.75) is 114 Å². The third-order valence-corrected chi connectivity index (χ3v) is 17.7. The van der Waals surface area contributed by atoms with Gasteiger partial charge in [-0.15, -0.1) is 0 Å². The monoisotopic (exact) mass is 991 g/mol. The number of nitrogens with zero attached hydrogens (tertiary/aromatic N) is 6. The minimum atomic E-state index is -0.738. The van der Waals surface area contributed by atoms with Gasteiger partial charge in [0.05, 0.1) is 58.6 Å². The molecule has 2 radical (unpaired) electrons. The number of benzene rings is 4. The number of fused-ring (bicyclic) bond motifs is 2. The summed E-state index contributed by atoms with van der Waals surface area (Å²) < 4.78 is 45.1. The molecular weight excluding hydrogens is 923 g/mol. The van der Waals surface area contributed by atoms with Gasteiger partial charge in [-0.3, -0.25) is 9.59 Å². The number of rotatable bonds is 11. The van der Waals surface area contributed by atoms with E-state index in [0.29, 0.717) is 70.6 Å². The molecule has 2 N–H and O–H groups in total. The summed E-state index contributed by atoms with van der Waals surface area (Å²) in [7, 11) is 0. The average molecular weight is 991 g/mol. The number of carbonyl (C=O) groups excluding carboxylic acids is 2. The number of nitrogens with one attached hydrogen (secondary N) is 2. The van der Waals surface area contributed by atoms with Crippen LogP contribution >= 0.6 is 0 Å². The first-order valence-corrected chi connectivity index (χ1v) is 27.1. The quantitative estimate of drug-likeness (QED) is 0.132. The van der Waals surface area contributed by atoms with E-state index in [9.17, 15) is 9.59 Å². The fraction of sp³-hybridized carbons (Fsp3) is 0.492. The lowest BCUT2D eigenvalue weighted by Gasteiger charge is -2.43. The number of piperidine rings is 1. The Balaban J connectivity index is 0.869. The number of aromatic amines is 2. The number of hydrogen-bond acceptors (Lipinski definition) is 8. The number of amides is 2. The molecule has 4 aromatic carbocycles. The topological polar surface area (TPSA) is 123 Å². The lowest BCUT2D eigenvalue weighted by atomic mass is 9.81. The largest absolute Gasteiger partial charge is 0.381 e. The van der Waals surface area contributed by atoms with E-state index in [1.165, 1.54) is 5.56 Å². The fourth-order valence-corrected chi connectivity index (χ4v) is 13.4. The maximum atomic E-state index is 17.0. The number of likely N-dealkylation sites (tertiary alicyclic amines) is 2. The highest BCUT2D eigenvalue weighted by Crippen LogP contribution is 2.55. The lowest BCUT2D eigenvalue weighted by Crippen LogP contribution is -2.43. The van der Waals surface area contributed by atoms with Crippen molar-refractivity contribution < 1.29 is 27.8 Å². The molecule has 0 bridgehead atoms. The molecule has 6 fully saturated rings. The Morgan fingerprint density at radius 1 is 0.644 bits per heavy atom. The zero-order chi connectivity index (χ0) is 49.8. The summed E-state index contributed by atoms with van der Waals surface area (Å²) in [5, 5.41) is 0. The van der Waals surface area contributed by atoms with Crippen LogP contribution in [-0.4, -0.2) is 94.2 Å². The van der Waals surface area contributed by atoms with Gasteiger partial charge >= 0.3 is 0 Å². The molecule has 6 aliphatic heterocycles. The molecular formula is C59H68F2N8O4. The van der Waals surface area contributed by atoms with Crippen molar-refractivity contribution in [1.82, 2.24) is 29.7 Å². The highest BCUT2D eigenvalue weighted by atomic mass is 19.1. The van der Waals surface area contributed by atoms with Crippen LogP contribution < -0.4 is 9.80 Å². The molecule has 12 nitrogen and oxygen atoms in total. The summed E-state index contributed by atoms with van der Waals surface area (Å²) in [4.78, 5) is 53.0. The maximum absolute atomic E-state index is 17.0. The van der Waals surface area contributed by atoms with Crippen LogP contribution in [0.15, 0.2) is 78.9 Å². The van der Waals surface area contributed by atoms with Crippen LogP contribution in [0.3, 0.4) is 0 Å². The SMILES string of the molecule is CC1C[C@H](c2ccc3[nH]c(C4CCCN4C(=O)[CH]C4CCOCC4)nc3c2)N(c2cc(F)c(N3CCC(c4ccccc4)CC3)c(F)c2)[C@]1(C)c1ccc2[nH]c(C3CCCN3C(=O)[CH]C3CCOCC3)nc2c1. The molecule has 0 aliphatic carbocycles. The number of aromatic nitrogens is 4. The van der Waals surface area contributed by atoms with E-state index in [-0.39, 0.29) is 53.4 Å². The summed E-state index contributed by atoms with van der Waals surface area (Å²) in [6.45, 7) is 9.67. The van der Waals surface area contributed by atoms with Gasteiger partial charge in [-0.25, -0.2) is 18.7 Å². The second-order valence-electron chi connectivity index (χ2n) is 22.0. The predicted octanol–water partition coefficient (Wildman–Crippen LogP) is 11.2. The van der Waals surface area contributed by atoms with Crippen molar-refractivity contribution in [3.8, 4) is 0 Å². The second-order valence-corrected chi connectivity index (χ2v) is 22.0. The van der Waals surface area contributed by atoms with Gasteiger partial charge in [0.2, 0.25) is 11.8 Å². The molecule has 73 heavy (non-hydrogen) atoms. The standard InChI is InChI=1S/C59H68F2N8O4/c1-37-30-53(42-12-14-47-49(33-42)64-57(62-47)51-10-6-22-67(51)54(70)31-38-18-26-72-27-19-38)69(44-35-45(60)56(46(61)36-44)66-24-16-41(17-25-66)40-8-4-3-5-9-40)59(37,2)43-13-15-48-50(34-43)65-58(63-48)52-11-7-23-68(52)55(71)32-39-20-28-73-29-21-39/h3-5,8-9,12-15,31-39,41,51-53H,6-7,10-11,16-30H2,1-2H3,(H,62,64)(H,63,65)/t37?,51?,52?,53-,59+/m1/s1. The van der Waals surface area contributed by atoms with Crippen LogP contribution in [0.25, 0.3) is 22.1 Å². The molecule has 5 atom stereocenters. The molecule has 3 unspecified atom stereocenters. The zero-order valence-electron chi connectivity index (χ0n) is 42.2. The predicted molar refractivity (Wildman–Crippen MR) is 279 cm³/mol. The van der Waals surface area contributed by atoms with E-state index in [0.717, 1.165) is 109 Å². The van der Waals surface area contributed by atoms with Gasteiger partial charge in [-0.2, -0.15) is 0 Å². The number of carbonyl (C=O) groups is 2. The third-order valence-electron chi connectivity index (χ3n) is 17.7. The number of H-pyrrole nitrogens is 2. The second kappa shape index (κ2) is 20.1. The van der Waals surface area contributed by atoms with Gasteiger partial charge in [0.25, 0.3) is 0 Å². The first kappa shape index (κ1) is 48.1. The zero-order valence-corrected chi connectivity index (χ0v) is 42.2. The van der Waals surface area contributed by atoms with Crippen LogP contribution in [0.1, 0.15) is 137 Å². The minimum Gasteiger partial charge on any atom is -0.381 e. The Labute approximate surface area is 427 Å². The van der Waals surface area contributed by atoms with Gasteiger partial charge in [0.15, 0.2) is 11.6 Å². The Morgan fingerprint density at radius 2 is 1.19 bits per heavy atom. The first-order chi connectivity index (χ1) is 35.6. The Morgan fingerprint density at radius 3 is 1.77 bits per heavy atom. The average Bonchev–Trinajstić information content (AvgIpc) is 4.27. The number of anilines is 2. The van der Waals surface area contributed by atoms with E-state index in [2.05, 4.69) is 89.4 Å². The van der Waals surface area contributed by atoms with Crippen molar-refractivity contribution >= 4 is 45.3 Å². The maximum Gasteiger partial charge on any atom is 0.227 e. The van der Waals surface area contributed by atoms with E-state index in [1.54, 1.807) is 12.1 Å². The van der Waals surface area contributed by atoms with Gasteiger partial charge in [-0.05, 0) is 154 Å². The molecule has 12 rings (SSSR count). The van der Waals surface area contributed by atoms with E-state index >= 15 is 8.78 Å². The van der Waals surface area contributed by atoms with Crippen LogP contribution in [0.5, 0.6) is 0 Å². The lowest BCUT2D eigenvalue weighted by molar-refractivity contribution is -0.130. The van der Waals surface area contributed by atoms with Crippen molar-refractivity contribution in [2.24, 2.45) is 17.8 Å². The summed E-state index contributed by atoms with van der Waals surface area (Å²) in [6, 6.07) is 25.6. The van der Waals surface area contributed by atoms with E-state index in [1.807, 2.05) is 33.6 Å². The van der Waals surface area contributed by atoms with Crippen LogP contribution in [0.2, 0.25) is 0 Å². The highest BCUT2D eigenvalue weighted by Gasteiger charge is 2.51. The van der Waals surface area contributed by atoms with Gasteiger partial charge in [0, 0.05) is 58.3 Å². The van der Waals surface area contributed by atoms with Gasteiger partial charge < -0.3 is 39.0 Å². The number of ether oxygens (including phenoxy) is 2. The molecule has 2 aromatic heterocycles. The Kier molecular flexibility index (Phi) is 13.2. The van der Waals surface area contributed by atoms with Gasteiger partial charge in [0.1, 0.15) is 17.3 Å². The van der Waals surface area contributed by atoms with E-state index in [4.69, 9.17) is 19.4 Å². The summed E-state index contributed by atoms with van der Waals surface area (Å²) in [5.74, 6) is 1.37. The number of halogens is 2. The molecule has 2 amide bonds. The van der Waals surface area contributed by atoms with Crippen molar-refractivity contribution in [1.29, 1.82) is 0 Å². The molecule has 8 heterocycles. The Hall–Kier alpha value is -5.86. The Bertz CT molecular complexity index is 2940. The highest BCUT2D eigenvalue weighted by molar-refractivity contribution is 5.87. The van der Waals surface area contributed by atoms with Gasteiger partial charge in [-0.1, -0.05) is 49.4 Å². The van der Waals surface area contributed by atoms with E-state index < -0.39 is 17.2 Å². The molecule has 14 heteroatoms. The van der Waals surface area contributed by atoms with Crippen molar-refractivity contribution in [2.75, 3.05) is 62.4 Å². The van der Waals surface area contributed by atoms with Crippen LogP contribution in [0.4, 0.5) is 20.2 Å². The van der Waals surface area contributed by atoms with Crippen molar-refractivity contribution in [3.63, 3.8) is 0 Å². The third kappa shape index (κ3) is 9.18. The molecule has 6 saturated heterocycles. The molecule has 6 aliphatic rings. The fourth-order valence-electron chi connectivity index (χ4n) is 13.4. The number of hydrogen-bond donors (Lipinski definition) is 2. The minimum absolute atomic E-state index is 0.0234. The molecule has 382 valence electrons. The first-order valence-electron chi connectivity index (χ1n) is 27.1.